The van der Waals surface area contributed by atoms with Gasteiger partial charge in [0, 0.05) is 19.6 Å². The second-order valence-corrected chi connectivity index (χ2v) is 9.46. The molecule has 1 fully saturated rings. The number of sulfonamides is 1. The van der Waals surface area contributed by atoms with Gasteiger partial charge in [-0.15, -0.1) is 0 Å². The number of piperidine rings is 1. The molecule has 1 saturated heterocycles. The Morgan fingerprint density at radius 3 is 2.39 bits per heavy atom. The van der Waals surface area contributed by atoms with Crippen molar-refractivity contribution in [2.24, 2.45) is 10.1 Å². The van der Waals surface area contributed by atoms with Gasteiger partial charge in [0.15, 0.2) is 5.96 Å². The first-order valence-corrected chi connectivity index (χ1v) is 12.4. The predicted molar refractivity (Wildman–Crippen MR) is 125 cm³/mol. The van der Waals surface area contributed by atoms with Crippen LogP contribution in [0, 0.1) is 0 Å². The van der Waals surface area contributed by atoms with Crippen LogP contribution >= 0.6 is 0 Å². The number of nitrogens with one attached hydrogen (secondary N) is 2. The molecule has 31 heavy (non-hydrogen) atoms. The molecule has 2 aromatic rings. The number of aliphatic imine (C=N–C) groups is 1. The molecule has 0 saturated carbocycles. The average Bonchev–Trinajstić information content (AvgIpc) is 2.77. The van der Waals surface area contributed by atoms with E-state index in [2.05, 4.69) is 44.8 Å². The maximum Gasteiger partial charge on any atom is 0.238 e. The molecule has 1 heterocycles. The third-order valence-corrected chi connectivity index (χ3v) is 6.24. The number of nitrogens with zero attached hydrogens (tertiary/aromatic N) is 2. The topological polar surface area (TPSA) is 99.8 Å². The molecule has 7 nitrogen and oxygen atoms in total. The number of likely N-dealkylation sites (tertiary alicyclic amines) is 1. The van der Waals surface area contributed by atoms with Crippen molar-refractivity contribution in [2.75, 3.05) is 19.6 Å². The molecule has 3 rings (SSSR count). The van der Waals surface area contributed by atoms with Gasteiger partial charge in [0.05, 0.1) is 11.4 Å². The van der Waals surface area contributed by atoms with Gasteiger partial charge in [-0.2, -0.15) is 0 Å². The van der Waals surface area contributed by atoms with E-state index in [1.807, 2.05) is 13.0 Å². The van der Waals surface area contributed by atoms with E-state index in [4.69, 9.17) is 5.14 Å². The first-order valence-electron chi connectivity index (χ1n) is 10.9. The lowest BCUT2D eigenvalue weighted by Crippen LogP contribution is -2.36. The molecule has 8 heteroatoms. The monoisotopic (exact) mass is 443 g/mol. The number of rotatable bonds is 8. The normalized spacial score (nSPS) is 15.6. The van der Waals surface area contributed by atoms with E-state index < -0.39 is 10.0 Å². The highest BCUT2D eigenvalue weighted by molar-refractivity contribution is 7.89. The number of guanidine groups is 1. The van der Waals surface area contributed by atoms with E-state index in [1.54, 1.807) is 12.1 Å². The van der Waals surface area contributed by atoms with Crippen molar-refractivity contribution in [3.8, 4) is 0 Å². The Labute approximate surface area is 185 Å². The summed E-state index contributed by atoms with van der Waals surface area (Å²) in [5, 5.41) is 11.8. The first-order chi connectivity index (χ1) is 14.9. The average molecular weight is 444 g/mol. The van der Waals surface area contributed by atoms with Crippen LogP contribution in [0.1, 0.15) is 42.9 Å². The molecule has 0 amide bonds. The molecule has 0 radical (unpaired) electrons. The molecule has 0 unspecified atom stereocenters. The van der Waals surface area contributed by atoms with Crippen molar-refractivity contribution in [3.63, 3.8) is 0 Å². The highest BCUT2D eigenvalue weighted by Crippen LogP contribution is 2.14. The number of hydrogen-bond acceptors (Lipinski definition) is 4. The van der Waals surface area contributed by atoms with E-state index in [0.717, 1.165) is 18.7 Å². The zero-order valence-corrected chi connectivity index (χ0v) is 19.0. The molecule has 4 N–H and O–H groups in total. The van der Waals surface area contributed by atoms with E-state index in [9.17, 15) is 8.42 Å². The van der Waals surface area contributed by atoms with Crippen molar-refractivity contribution in [2.45, 2.75) is 50.7 Å². The van der Waals surface area contributed by atoms with Gasteiger partial charge in [-0.1, -0.05) is 42.8 Å². The number of nitrogens with two attached hydrogens (primary N) is 1. The summed E-state index contributed by atoms with van der Waals surface area (Å²) in [5.41, 5.74) is 3.32. The van der Waals surface area contributed by atoms with Gasteiger partial charge >= 0.3 is 0 Å². The standard InChI is InChI=1S/C23H33N5O2S/c1-2-25-23(27-17-21-7-6-8-22(15-21)31(24,29)30)26-16-19-9-11-20(12-10-19)18-28-13-4-3-5-14-28/h6-12,15H,2-5,13-14,16-18H2,1H3,(H2,24,29,30)(H2,25,26,27). The zero-order valence-electron chi connectivity index (χ0n) is 18.2. The highest BCUT2D eigenvalue weighted by atomic mass is 32.2. The van der Waals surface area contributed by atoms with E-state index in [0.29, 0.717) is 19.0 Å². The summed E-state index contributed by atoms with van der Waals surface area (Å²) in [5.74, 6) is 0.681. The molecule has 168 valence electrons. The van der Waals surface area contributed by atoms with Crippen molar-refractivity contribution >= 4 is 16.0 Å². The van der Waals surface area contributed by atoms with Gasteiger partial charge < -0.3 is 10.6 Å². The molecular formula is C23H33N5O2S. The van der Waals surface area contributed by atoms with E-state index in [-0.39, 0.29) is 4.90 Å². The van der Waals surface area contributed by atoms with Crippen molar-refractivity contribution in [1.29, 1.82) is 0 Å². The largest absolute Gasteiger partial charge is 0.357 e. The Morgan fingerprint density at radius 2 is 1.71 bits per heavy atom. The van der Waals surface area contributed by atoms with Crippen LogP contribution in [0.2, 0.25) is 0 Å². The molecular weight excluding hydrogens is 410 g/mol. The summed E-state index contributed by atoms with van der Waals surface area (Å²) in [6, 6.07) is 15.3. The maximum absolute atomic E-state index is 11.5. The highest BCUT2D eigenvalue weighted by Gasteiger charge is 2.10. The lowest BCUT2D eigenvalue weighted by Gasteiger charge is -2.26. The molecule has 1 aliphatic heterocycles. The van der Waals surface area contributed by atoms with Gasteiger partial charge in [0.2, 0.25) is 10.0 Å². The van der Waals surface area contributed by atoms with Gasteiger partial charge in [0.25, 0.3) is 0 Å². The summed E-state index contributed by atoms with van der Waals surface area (Å²) >= 11 is 0. The quantitative estimate of drug-likeness (QED) is 0.430. The lowest BCUT2D eigenvalue weighted by atomic mass is 10.1. The van der Waals surface area contributed by atoms with Crippen LogP contribution in [-0.2, 0) is 29.7 Å². The third-order valence-electron chi connectivity index (χ3n) is 5.33. The van der Waals surface area contributed by atoms with Crippen LogP contribution in [-0.4, -0.2) is 38.9 Å². The Hall–Kier alpha value is -2.42. The van der Waals surface area contributed by atoms with Crippen LogP contribution in [0.5, 0.6) is 0 Å². The molecule has 2 aromatic carbocycles. The van der Waals surface area contributed by atoms with Crippen LogP contribution < -0.4 is 15.8 Å². The maximum atomic E-state index is 11.5. The lowest BCUT2D eigenvalue weighted by molar-refractivity contribution is 0.221. The van der Waals surface area contributed by atoms with Crippen LogP contribution in [0.25, 0.3) is 0 Å². The second-order valence-electron chi connectivity index (χ2n) is 7.89. The molecule has 0 atom stereocenters. The molecule has 0 bridgehead atoms. The Bertz CT molecular complexity index is 968. The van der Waals surface area contributed by atoms with Crippen molar-refractivity contribution in [3.05, 3.63) is 65.2 Å². The minimum absolute atomic E-state index is 0.0998. The third kappa shape index (κ3) is 7.65. The number of primary sulfonamides is 1. The van der Waals surface area contributed by atoms with Crippen LogP contribution in [0.15, 0.2) is 58.4 Å². The van der Waals surface area contributed by atoms with Crippen molar-refractivity contribution < 1.29 is 8.42 Å². The minimum atomic E-state index is -3.72. The minimum Gasteiger partial charge on any atom is -0.357 e. The SMILES string of the molecule is CCNC(=NCc1cccc(S(N)(=O)=O)c1)NCc1ccc(CN2CCCCC2)cc1. The first kappa shape index (κ1) is 23.2. The summed E-state index contributed by atoms with van der Waals surface area (Å²) in [6.07, 6.45) is 3.97. The molecule has 0 aromatic heterocycles. The van der Waals surface area contributed by atoms with Crippen LogP contribution in [0.3, 0.4) is 0 Å². The zero-order chi connectivity index (χ0) is 22.1. The number of hydrogen-bond donors (Lipinski definition) is 3. The van der Waals surface area contributed by atoms with Gasteiger partial charge in [-0.05, 0) is 61.7 Å². The molecule has 0 aliphatic carbocycles. The van der Waals surface area contributed by atoms with Gasteiger partial charge in [0.1, 0.15) is 0 Å². The summed E-state index contributed by atoms with van der Waals surface area (Å²) < 4.78 is 23.1. The van der Waals surface area contributed by atoms with E-state index in [1.165, 1.54) is 49.5 Å². The fraction of sp³-hybridized carbons (Fsp3) is 0.435. The smallest absolute Gasteiger partial charge is 0.238 e. The van der Waals surface area contributed by atoms with Gasteiger partial charge in [-0.25, -0.2) is 18.5 Å². The van der Waals surface area contributed by atoms with Crippen LogP contribution in [0.4, 0.5) is 0 Å². The fourth-order valence-corrected chi connectivity index (χ4v) is 4.24. The summed E-state index contributed by atoms with van der Waals surface area (Å²) in [4.78, 5) is 7.19. The summed E-state index contributed by atoms with van der Waals surface area (Å²) in [7, 11) is -3.72. The van der Waals surface area contributed by atoms with Gasteiger partial charge in [-0.3, -0.25) is 4.90 Å². The molecule has 0 spiro atoms. The number of benzene rings is 2. The molecule has 1 aliphatic rings. The Balaban J connectivity index is 1.56. The fourth-order valence-electron chi connectivity index (χ4n) is 3.66. The van der Waals surface area contributed by atoms with Crippen molar-refractivity contribution in [1.82, 2.24) is 15.5 Å². The Morgan fingerprint density at radius 1 is 1.00 bits per heavy atom. The van der Waals surface area contributed by atoms with E-state index >= 15 is 0 Å². The second kappa shape index (κ2) is 11.3. The summed E-state index contributed by atoms with van der Waals surface area (Å²) in [6.45, 7) is 7.18. The Kier molecular flexibility index (Phi) is 8.45. The predicted octanol–water partition coefficient (Wildman–Crippen LogP) is 2.58.